The summed E-state index contributed by atoms with van der Waals surface area (Å²) < 4.78 is 34.4. The van der Waals surface area contributed by atoms with Gasteiger partial charge in [-0.1, -0.05) is 12.1 Å². The molecule has 13 heteroatoms. The number of pyridine rings is 2. The molecule has 0 saturated carbocycles. The third-order valence-corrected chi connectivity index (χ3v) is 9.76. The lowest BCUT2D eigenvalue weighted by atomic mass is 9.96. The van der Waals surface area contributed by atoms with Gasteiger partial charge < -0.3 is 11.1 Å². The molecular weight excluding hydrogens is 617 g/mol. The van der Waals surface area contributed by atoms with Crippen molar-refractivity contribution in [3.63, 3.8) is 0 Å². The van der Waals surface area contributed by atoms with E-state index in [1.54, 1.807) is 13.2 Å². The maximum absolute atomic E-state index is 12.5. The zero-order valence-electron chi connectivity index (χ0n) is 21.6. The van der Waals surface area contributed by atoms with Crippen LogP contribution in [0.1, 0.15) is 29.8 Å². The smallest absolute Gasteiger partial charge is 0.261 e. The van der Waals surface area contributed by atoms with Crippen LogP contribution in [0.5, 0.6) is 0 Å². The van der Waals surface area contributed by atoms with Crippen LogP contribution in [0.3, 0.4) is 0 Å². The van der Waals surface area contributed by atoms with Gasteiger partial charge in [-0.15, -0.1) is 3.25 Å². The third kappa shape index (κ3) is 5.00. The Balaban J connectivity index is 1.55. The number of hydrogen-bond donors (Lipinski definition) is 3. The van der Waals surface area contributed by atoms with Crippen molar-refractivity contribution >= 4 is 57.0 Å². The molecule has 0 fully saturated rings. The van der Waals surface area contributed by atoms with Gasteiger partial charge in [-0.05, 0) is 50.2 Å². The predicted octanol–water partition coefficient (Wildman–Crippen LogP) is 4.32. The number of aryl methyl sites for hydroxylation is 2. The second-order valence-corrected chi connectivity index (χ2v) is 13.0. The zero-order valence-corrected chi connectivity index (χ0v) is 24.5. The molecule has 1 aliphatic rings. The SMILES string of the molecule is CNS(=O)(=O)c1nn(C)cc1N[C@H](C)c1cc(C)cc2nc(N)c(-c3ccc(C4=CN(C)N=I4)nc3)cc12. The van der Waals surface area contributed by atoms with Crippen molar-refractivity contribution in [3.8, 4) is 11.1 Å². The van der Waals surface area contributed by atoms with E-state index in [9.17, 15) is 8.42 Å². The van der Waals surface area contributed by atoms with Gasteiger partial charge in [-0.3, -0.25) is 14.7 Å². The molecule has 4 N–H and O–H groups in total. The van der Waals surface area contributed by atoms with Crippen LogP contribution in [0.25, 0.3) is 25.6 Å². The van der Waals surface area contributed by atoms with Crippen LogP contribution in [0.4, 0.5) is 11.5 Å². The molecule has 1 aromatic carbocycles. The van der Waals surface area contributed by atoms with E-state index in [1.165, 1.54) is 11.7 Å². The number of nitrogens with one attached hydrogen (secondary N) is 2. The van der Waals surface area contributed by atoms with Gasteiger partial charge in [-0.25, -0.2) is 18.1 Å². The molecule has 1 aliphatic heterocycles. The Kier molecular flexibility index (Phi) is 6.92. The highest BCUT2D eigenvalue weighted by atomic mass is 127. The topological polar surface area (TPSA) is 143 Å². The first-order valence-corrected chi connectivity index (χ1v) is 15.3. The van der Waals surface area contributed by atoms with Crippen molar-refractivity contribution in [1.82, 2.24) is 29.5 Å². The normalized spacial score (nSPS) is 14.4. The molecule has 4 heterocycles. The molecule has 3 aromatic heterocycles. The predicted molar refractivity (Wildman–Crippen MR) is 158 cm³/mol. The summed E-state index contributed by atoms with van der Waals surface area (Å²) in [6.45, 7) is 3.97. The molecular formula is C25H28IN9O2S. The standard InChI is InChI=1S/C25H28IN9O2S/c1-14-8-17(15(2)30-23-13-34(4)32-25(23)38(36,37)28-3)19-10-18(24(27)31-22(19)9-14)16-6-7-21(29-11-16)20-12-35(5)33-26-20/h6-13,15,28,30H,1-5H3,(H2,27,31)/t15-/m1/s1. The fraction of sp³-hybridized carbons (Fsp3) is 0.240. The number of nitrogens with zero attached hydrogens (tertiary/aromatic N) is 6. The van der Waals surface area contributed by atoms with Crippen molar-refractivity contribution in [1.29, 1.82) is 0 Å². The van der Waals surface area contributed by atoms with E-state index < -0.39 is 31.1 Å². The molecule has 0 radical (unpaired) electrons. The summed E-state index contributed by atoms with van der Waals surface area (Å²) in [5.41, 5.74) is 12.1. The maximum atomic E-state index is 12.5. The van der Waals surface area contributed by atoms with Crippen LogP contribution in [0.2, 0.25) is 0 Å². The van der Waals surface area contributed by atoms with Crippen LogP contribution in [0.15, 0.2) is 57.2 Å². The highest BCUT2D eigenvalue weighted by molar-refractivity contribution is 14.2. The molecule has 38 heavy (non-hydrogen) atoms. The molecule has 0 spiro atoms. The summed E-state index contributed by atoms with van der Waals surface area (Å²) in [7, 11) is 1.23. The molecule has 198 valence electrons. The van der Waals surface area contributed by atoms with E-state index in [2.05, 4.69) is 29.4 Å². The van der Waals surface area contributed by atoms with Gasteiger partial charge in [0, 0.05) is 55.2 Å². The van der Waals surface area contributed by atoms with Gasteiger partial charge in [-0.2, -0.15) is 5.10 Å². The number of aromatic nitrogens is 4. The molecule has 11 nitrogen and oxygen atoms in total. The molecule has 0 unspecified atom stereocenters. The maximum Gasteiger partial charge on any atom is 0.261 e. The van der Waals surface area contributed by atoms with Gasteiger partial charge in [0.25, 0.3) is 10.0 Å². The summed E-state index contributed by atoms with van der Waals surface area (Å²) in [5.74, 6) is 0.418. The van der Waals surface area contributed by atoms with Crippen molar-refractivity contribution in [2.75, 3.05) is 25.1 Å². The van der Waals surface area contributed by atoms with E-state index in [1.807, 2.05) is 62.6 Å². The molecule has 0 aliphatic carbocycles. The second kappa shape index (κ2) is 10.0. The fourth-order valence-electron chi connectivity index (χ4n) is 4.34. The lowest BCUT2D eigenvalue weighted by molar-refractivity contribution is 0.514. The van der Waals surface area contributed by atoms with Gasteiger partial charge in [0.15, 0.2) is 0 Å². The second-order valence-electron chi connectivity index (χ2n) is 9.08. The van der Waals surface area contributed by atoms with Crippen LogP contribution >= 0.6 is 21.0 Å². The number of anilines is 2. The number of sulfonamides is 1. The van der Waals surface area contributed by atoms with Crippen molar-refractivity contribution in [2.45, 2.75) is 24.9 Å². The van der Waals surface area contributed by atoms with Crippen molar-refractivity contribution in [2.24, 2.45) is 10.3 Å². The molecule has 5 rings (SSSR count). The Labute approximate surface area is 231 Å². The first-order valence-electron chi connectivity index (χ1n) is 11.8. The van der Waals surface area contributed by atoms with Crippen molar-refractivity contribution in [3.05, 3.63) is 65.7 Å². The van der Waals surface area contributed by atoms with E-state index in [0.717, 1.165) is 42.4 Å². The Morgan fingerprint density at radius 1 is 1.16 bits per heavy atom. The average molecular weight is 646 g/mol. The monoisotopic (exact) mass is 645 g/mol. The van der Waals surface area contributed by atoms with E-state index >= 15 is 0 Å². The average Bonchev–Trinajstić information content (AvgIpc) is 3.48. The van der Waals surface area contributed by atoms with Crippen LogP contribution in [-0.4, -0.2) is 47.3 Å². The van der Waals surface area contributed by atoms with Crippen molar-refractivity contribution < 1.29 is 8.42 Å². The first kappa shape index (κ1) is 26.2. The molecule has 0 bridgehead atoms. The summed E-state index contributed by atoms with van der Waals surface area (Å²) in [6, 6.07) is 9.83. The minimum absolute atomic E-state index is 0.0562. The minimum atomic E-state index is -3.74. The largest absolute Gasteiger partial charge is 0.383 e. The minimum Gasteiger partial charge on any atom is -0.383 e. The van der Waals surface area contributed by atoms with Crippen LogP contribution in [-0.2, 0) is 17.1 Å². The molecule has 0 saturated heterocycles. The van der Waals surface area contributed by atoms with Gasteiger partial charge in [0.05, 0.1) is 41.5 Å². The number of benzene rings is 1. The molecule has 1 atom stereocenters. The highest BCUT2D eigenvalue weighted by Gasteiger charge is 2.23. The summed E-state index contributed by atoms with van der Waals surface area (Å²) in [5, 5.41) is 10.2. The Hall–Kier alpha value is -3.43. The summed E-state index contributed by atoms with van der Waals surface area (Å²) in [4.78, 5) is 9.39. The summed E-state index contributed by atoms with van der Waals surface area (Å²) >= 11 is -0.427. The van der Waals surface area contributed by atoms with Crippen LogP contribution in [0, 0.1) is 6.92 Å². The number of fused-ring (bicyclic) bond motifs is 1. The number of nitrogens with two attached hydrogens (primary N) is 1. The number of halogens is 1. The number of rotatable bonds is 7. The Morgan fingerprint density at radius 3 is 2.61 bits per heavy atom. The Bertz CT molecular complexity index is 1710. The Morgan fingerprint density at radius 2 is 1.95 bits per heavy atom. The van der Waals surface area contributed by atoms with Gasteiger partial charge in [0.1, 0.15) is 5.82 Å². The zero-order chi connectivity index (χ0) is 27.2. The quantitative estimate of drug-likeness (QED) is 0.253. The first-order chi connectivity index (χ1) is 18.1. The van der Waals surface area contributed by atoms with E-state index in [4.69, 9.17) is 10.7 Å². The van der Waals surface area contributed by atoms with Gasteiger partial charge >= 0.3 is 0 Å². The molecule has 4 aromatic rings. The number of hydrogen-bond acceptors (Lipinski definition) is 9. The molecule has 0 amide bonds. The fourth-order valence-corrected chi connectivity index (χ4v) is 6.96. The van der Waals surface area contributed by atoms with Crippen LogP contribution < -0.4 is 15.8 Å². The van der Waals surface area contributed by atoms with Gasteiger partial charge in [0.2, 0.25) is 5.03 Å². The highest BCUT2D eigenvalue weighted by Crippen LogP contribution is 2.36. The third-order valence-electron chi connectivity index (χ3n) is 6.16. The van der Waals surface area contributed by atoms with E-state index in [-0.39, 0.29) is 11.1 Å². The lowest BCUT2D eigenvalue weighted by Crippen LogP contribution is -2.21. The number of nitrogen functional groups attached to an aromatic ring is 1. The lowest BCUT2D eigenvalue weighted by Gasteiger charge is -2.19. The summed E-state index contributed by atoms with van der Waals surface area (Å²) in [6.07, 6.45) is 5.48. The van der Waals surface area contributed by atoms with E-state index in [0.29, 0.717) is 11.5 Å².